The fourth-order valence-electron chi connectivity index (χ4n) is 3.25. The summed E-state index contributed by atoms with van der Waals surface area (Å²) in [5.74, 6) is 1.20. The first-order valence-electron chi connectivity index (χ1n) is 9.46. The molecule has 0 bridgehead atoms. The minimum atomic E-state index is 0.568. The molecule has 0 saturated heterocycles. The normalized spacial score (nSPS) is 11.1. The summed E-state index contributed by atoms with van der Waals surface area (Å²) >= 11 is 0. The Labute approximate surface area is 165 Å². The third-order valence-electron chi connectivity index (χ3n) is 4.59. The smallest absolute Gasteiger partial charge is 0.247 e. The minimum absolute atomic E-state index is 0.568. The van der Waals surface area contributed by atoms with Gasteiger partial charge in [0.1, 0.15) is 0 Å². The zero-order valence-electron chi connectivity index (χ0n) is 16.0. The second-order valence-corrected chi connectivity index (χ2v) is 6.99. The number of nitrogens with zero attached hydrogens (tertiary/aromatic N) is 3. The summed E-state index contributed by atoms with van der Waals surface area (Å²) in [6, 6.07) is 29.0. The van der Waals surface area contributed by atoms with Gasteiger partial charge in [0, 0.05) is 18.7 Å². The molecule has 0 aliphatic carbocycles. The minimum Gasteiger partial charge on any atom is -0.419 e. The second-order valence-electron chi connectivity index (χ2n) is 6.99. The Kier molecular flexibility index (Phi) is 5.59. The Balaban J connectivity index is 1.53. The highest BCUT2D eigenvalue weighted by Gasteiger charge is 2.14. The lowest BCUT2D eigenvalue weighted by Crippen LogP contribution is -2.22. The van der Waals surface area contributed by atoms with Crippen molar-refractivity contribution in [3.8, 4) is 11.5 Å². The van der Waals surface area contributed by atoms with Gasteiger partial charge in [0.25, 0.3) is 0 Å². The number of hydrogen-bond acceptors (Lipinski definition) is 4. The SMILES string of the molecule is Cc1cccc(-c2nnc(CN(Cc3ccccc3)Cc3ccccc3)o2)c1. The van der Waals surface area contributed by atoms with Crippen molar-refractivity contribution >= 4 is 0 Å². The summed E-state index contributed by atoms with van der Waals surface area (Å²) < 4.78 is 5.97. The topological polar surface area (TPSA) is 42.2 Å². The van der Waals surface area contributed by atoms with Crippen molar-refractivity contribution in [3.05, 3.63) is 108 Å². The second kappa shape index (κ2) is 8.63. The van der Waals surface area contributed by atoms with Crippen molar-refractivity contribution in [3.63, 3.8) is 0 Å². The van der Waals surface area contributed by atoms with Gasteiger partial charge in [0.15, 0.2) is 0 Å². The molecule has 140 valence electrons. The van der Waals surface area contributed by atoms with Crippen LogP contribution in [0.25, 0.3) is 11.5 Å². The maximum absolute atomic E-state index is 5.97. The van der Waals surface area contributed by atoms with Crippen LogP contribution in [0.3, 0.4) is 0 Å². The zero-order chi connectivity index (χ0) is 19.2. The van der Waals surface area contributed by atoms with Crippen LogP contribution in [0.15, 0.2) is 89.3 Å². The van der Waals surface area contributed by atoms with E-state index < -0.39 is 0 Å². The lowest BCUT2D eigenvalue weighted by Gasteiger charge is -2.20. The molecule has 28 heavy (non-hydrogen) atoms. The molecule has 1 aromatic heterocycles. The van der Waals surface area contributed by atoms with E-state index in [0.29, 0.717) is 18.3 Å². The first-order valence-corrected chi connectivity index (χ1v) is 9.46. The molecule has 0 aliphatic heterocycles. The van der Waals surface area contributed by atoms with E-state index in [1.54, 1.807) is 0 Å². The highest BCUT2D eigenvalue weighted by Crippen LogP contribution is 2.20. The van der Waals surface area contributed by atoms with Gasteiger partial charge in [-0.15, -0.1) is 10.2 Å². The molecule has 0 N–H and O–H groups in total. The highest BCUT2D eigenvalue weighted by molar-refractivity contribution is 5.53. The monoisotopic (exact) mass is 369 g/mol. The molecule has 0 fully saturated rings. The van der Waals surface area contributed by atoms with Crippen LogP contribution in [-0.2, 0) is 19.6 Å². The largest absolute Gasteiger partial charge is 0.419 e. The van der Waals surface area contributed by atoms with E-state index >= 15 is 0 Å². The Morgan fingerprint density at radius 1 is 0.714 bits per heavy atom. The Morgan fingerprint density at radius 3 is 1.96 bits per heavy atom. The van der Waals surface area contributed by atoms with Gasteiger partial charge in [-0.1, -0.05) is 78.4 Å². The van der Waals surface area contributed by atoms with Gasteiger partial charge >= 0.3 is 0 Å². The molecule has 4 nitrogen and oxygen atoms in total. The zero-order valence-corrected chi connectivity index (χ0v) is 16.0. The summed E-state index contributed by atoms with van der Waals surface area (Å²) in [6.45, 7) is 4.29. The van der Waals surface area contributed by atoms with Crippen molar-refractivity contribution in [2.45, 2.75) is 26.6 Å². The first-order chi connectivity index (χ1) is 13.8. The molecule has 0 aliphatic rings. The van der Waals surface area contributed by atoms with Crippen LogP contribution >= 0.6 is 0 Å². The molecule has 0 unspecified atom stereocenters. The Morgan fingerprint density at radius 2 is 1.36 bits per heavy atom. The molecule has 1 heterocycles. The first kappa shape index (κ1) is 18.1. The number of aryl methyl sites for hydroxylation is 1. The molecular formula is C24H23N3O. The summed E-state index contributed by atoms with van der Waals surface area (Å²) in [5, 5.41) is 8.54. The quantitative estimate of drug-likeness (QED) is 0.446. The third kappa shape index (κ3) is 4.72. The maximum atomic E-state index is 5.97. The van der Waals surface area contributed by atoms with Crippen molar-refractivity contribution < 1.29 is 4.42 Å². The van der Waals surface area contributed by atoms with E-state index in [4.69, 9.17) is 4.42 Å². The molecule has 0 atom stereocenters. The summed E-state index contributed by atoms with van der Waals surface area (Å²) in [5.41, 5.74) is 4.65. The van der Waals surface area contributed by atoms with Gasteiger partial charge in [-0.25, -0.2) is 0 Å². The number of hydrogen-bond donors (Lipinski definition) is 0. The number of rotatable bonds is 7. The van der Waals surface area contributed by atoms with Gasteiger partial charge < -0.3 is 4.42 Å². The van der Waals surface area contributed by atoms with Crippen molar-refractivity contribution in [2.75, 3.05) is 0 Å². The standard InChI is InChI=1S/C24H23N3O/c1-19-9-8-14-22(15-19)24-26-25-23(28-24)18-27(16-20-10-4-2-5-11-20)17-21-12-6-3-7-13-21/h2-15H,16-18H2,1H3. The van der Waals surface area contributed by atoms with Crippen molar-refractivity contribution in [1.29, 1.82) is 0 Å². The van der Waals surface area contributed by atoms with Crippen LogP contribution in [-0.4, -0.2) is 15.1 Å². The van der Waals surface area contributed by atoms with Crippen LogP contribution in [0.4, 0.5) is 0 Å². The van der Waals surface area contributed by atoms with Gasteiger partial charge in [0.05, 0.1) is 6.54 Å². The molecular weight excluding hydrogens is 346 g/mol. The molecule has 0 radical (unpaired) electrons. The third-order valence-corrected chi connectivity index (χ3v) is 4.59. The van der Waals surface area contributed by atoms with Crippen LogP contribution in [0.2, 0.25) is 0 Å². The maximum Gasteiger partial charge on any atom is 0.247 e. The van der Waals surface area contributed by atoms with E-state index in [1.165, 1.54) is 16.7 Å². The fourth-order valence-corrected chi connectivity index (χ4v) is 3.25. The number of benzene rings is 3. The van der Waals surface area contributed by atoms with Gasteiger partial charge in [-0.3, -0.25) is 4.90 Å². The molecule has 0 amide bonds. The lowest BCUT2D eigenvalue weighted by molar-refractivity contribution is 0.223. The molecule has 4 aromatic rings. The fraction of sp³-hybridized carbons (Fsp3) is 0.167. The summed E-state index contributed by atoms with van der Waals surface area (Å²) in [6.07, 6.45) is 0. The molecule has 0 spiro atoms. The van der Waals surface area contributed by atoms with E-state index in [-0.39, 0.29) is 0 Å². The molecule has 3 aromatic carbocycles. The predicted molar refractivity (Wildman–Crippen MR) is 110 cm³/mol. The van der Waals surface area contributed by atoms with E-state index in [9.17, 15) is 0 Å². The van der Waals surface area contributed by atoms with Crippen molar-refractivity contribution in [2.24, 2.45) is 0 Å². The predicted octanol–water partition coefficient (Wildman–Crippen LogP) is 5.25. The Hall–Kier alpha value is -3.24. The van der Waals surface area contributed by atoms with Crippen LogP contribution < -0.4 is 0 Å². The van der Waals surface area contributed by atoms with E-state index in [2.05, 4.69) is 82.7 Å². The average molecular weight is 369 g/mol. The van der Waals surface area contributed by atoms with E-state index in [0.717, 1.165) is 18.7 Å². The molecule has 4 heteroatoms. The number of aromatic nitrogens is 2. The van der Waals surface area contributed by atoms with Gasteiger partial charge in [0.2, 0.25) is 11.8 Å². The van der Waals surface area contributed by atoms with Crippen LogP contribution in [0.1, 0.15) is 22.6 Å². The Bertz CT molecular complexity index is 971. The molecule has 0 saturated carbocycles. The van der Waals surface area contributed by atoms with Crippen molar-refractivity contribution in [1.82, 2.24) is 15.1 Å². The summed E-state index contributed by atoms with van der Waals surface area (Å²) in [7, 11) is 0. The van der Waals surface area contributed by atoms with Gasteiger partial charge in [-0.2, -0.15) is 0 Å². The van der Waals surface area contributed by atoms with Crippen LogP contribution in [0, 0.1) is 6.92 Å². The van der Waals surface area contributed by atoms with Crippen LogP contribution in [0.5, 0.6) is 0 Å². The average Bonchev–Trinajstić information content (AvgIpc) is 3.18. The van der Waals surface area contributed by atoms with E-state index in [1.807, 2.05) is 24.3 Å². The van der Waals surface area contributed by atoms with Gasteiger partial charge in [-0.05, 0) is 30.2 Å². The highest BCUT2D eigenvalue weighted by atomic mass is 16.4. The lowest BCUT2D eigenvalue weighted by atomic mass is 10.1. The molecule has 4 rings (SSSR count). The summed E-state index contributed by atoms with van der Waals surface area (Å²) in [4.78, 5) is 2.32.